The third-order valence-electron chi connectivity index (χ3n) is 3.31. The van der Waals surface area contributed by atoms with Crippen molar-refractivity contribution in [3.05, 3.63) is 40.9 Å². The molecule has 1 aromatic rings. The Morgan fingerprint density at radius 1 is 1.19 bits per heavy atom. The molecule has 1 aliphatic rings. The summed E-state index contributed by atoms with van der Waals surface area (Å²) in [6.45, 7) is 7.05. The van der Waals surface area contributed by atoms with Crippen LogP contribution in [0.1, 0.15) is 39.2 Å². The fraction of sp³-hybridized carbons (Fsp3) is 0.471. The number of hydrogen-bond donors (Lipinski definition) is 0. The number of benzene rings is 1. The van der Waals surface area contributed by atoms with Crippen LogP contribution in [0.15, 0.2) is 30.3 Å². The lowest BCUT2D eigenvalue weighted by atomic mass is 10.0. The molecule has 1 heterocycles. The number of carbonyl (C=O) groups excluding carboxylic acids is 1. The van der Waals surface area contributed by atoms with Gasteiger partial charge in [-0.2, -0.15) is 0 Å². The van der Waals surface area contributed by atoms with E-state index in [2.05, 4.69) is 6.08 Å². The largest absolute Gasteiger partial charge is 0.444 e. The van der Waals surface area contributed by atoms with Crippen molar-refractivity contribution in [2.75, 3.05) is 13.1 Å². The van der Waals surface area contributed by atoms with Crippen LogP contribution in [0.4, 0.5) is 4.79 Å². The topological polar surface area (TPSA) is 29.5 Å². The third kappa shape index (κ3) is 4.78. The highest BCUT2D eigenvalue weighted by atomic mass is 35.5. The van der Waals surface area contributed by atoms with Crippen molar-refractivity contribution < 1.29 is 9.53 Å². The van der Waals surface area contributed by atoms with Gasteiger partial charge in [0.2, 0.25) is 0 Å². The molecule has 1 amide bonds. The third-order valence-corrected chi connectivity index (χ3v) is 3.56. The summed E-state index contributed by atoms with van der Waals surface area (Å²) in [4.78, 5) is 13.9. The van der Waals surface area contributed by atoms with Crippen molar-refractivity contribution in [3.8, 4) is 0 Å². The molecule has 0 aliphatic carbocycles. The maximum atomic E-state index is 12.1. The fourth-order valence-electron chi connectivity index (χ4n) is 2.30. The first-order valence-electron chi connectivity index (χ1n) is 7.28. The molecule has 114 valence electrons. The van der Waals surface area contributed by atoms with E-state index < -0.39 is 5.60 Å². The quantitative estimate of drug-likeness (QED) is 0.749. The SMILES string of the molecule is CC(C)(C)OC(=O)N1CCC=C(c2ccc(Cl)cc2)CC1. The predicted molar refractivity (Wildman–Crippen MR) is 86.5 cm³/mol. The van der Waals surface area contributed by atoms with Crippen LogP contribution < -0.4 is 0 Å². The van der Waals surface area contributed by atoms with Crippen LogP contribution in [-0.4, -0.2) is 29.7 Å². The van der Waals surface area contributed by atoms with E-state index in [4.69, 9.17) is 16.3 Å². The summed E-state index contributed by atoms with van der Waals surface area (Å²) in [5.74, 6) is 0. The maximum Gasteiger partial charge on any atom is 0.410 e. The highest BCUT2D eigenvalue weighted by Gasteiger charge is 2.23. The molecule has 0 N–H and O–H groups in total. The van der Waals surface area contributed by atoms with Crippen molar-refractivity contribution in [3.63, 3.8) is 0 Å². The van der Waals surface area contributed by atoms with Gasteiger partial charge >= 0.3 is 6.09 Å². The number of rotatable bonds is 1. The monoisotopic (exact) mass is 307 g/mol. The van der Waals surface area contributed by atoms with Crippen LogP contribution in [0.25, 0.3) is 5.57 Å². The summed E-state index contributed by atoms with van der Waals surface area (Å²) >= 11 is 5.92. The van der Waals surface area contributed by atoms with Gasteiger partial charge in [-0.1, -0.05) is 29.8 Å². The average molecular weight is 308 g/mol. The van der Waals surface area contributed by atoms with Gasteiger partial charge in [0.25, 0.3) is 0 Å². The van der Waals surface area contributed by atoms with Crippen LogP contribution in [0.2, 0.25) is 5.02 Å². The Hall–Kier alpha value is -1.48. The zero-order valence-corrected chi connectivity index (χ0v) is 13.6. The first-order chi connectivity index (χ1) is 9.85. The van der Waals surface area contributed by atoms with Crippen LogP contribution in [0.5, 0.6) is 0 Å². The zero-order valence-electron chi connectivity index (χ0n) is 12.9. The van der Waals surface area contributed by atoms with Gasteiger partial charge in [-0.15, -0.1) is 0 Å². The predicted octanol–water partition coefficient (Wildman–Crippen LogP) is 4.75. The van der Waals surface area contributed by atoms with Crippen molar-refractivity contribution in [1.82, 2.24) is 4.90 Å². The van der Waals surface area contributed by atoms with Gasteiger partial charge in [0, 0.05) is 18.1 Å². The van der Waals surface area contributed by atoms with Crippen LogP contribution in [0.3, 0.4) is 0 Å². The van der Waals surface area contributed by atoms with Crippen molar-refractivity contribution in [2.45, 2.75) is 39.2 Å². The van der Waals surface area contributed by atoms with Gasteiger partial charge in [-0.3, -0.25) is 0 Å². The van der Waals surface area contributed by atoms with Gasteiger partial charge in [-0.25, -0.2) is 4.79 Å². The zero-order chi connectivity index (χ0) is 15.5. The molecule has 21 heavy (non-hydrogen) atoms. The number of ether oxygens (including phenoxy) is 1. The smallest absolute Gasteiger partial charge is 0.410 e. The minimum absolute atomic E-state index is 0.228. The molecule has 0 bridgehead atoms. The van der Waals surface area contributed by atoms with Crippen LogP contribution >= 0.6 is 11.6 Å². The molecule has 0 aromatic heterocycles. The second-order valence-corrected chi connectivity index (χ2v) is 6.68. The van der Waals surface area contributed by atoms with Crippen molar-refractivity contribution in [1.29, 1.82) is 0 Å². The lowest BCUT2D eigenvalue weighted by Crippen LogP contribution is -2.37. The molecule has 1 aliphatic heterocycles. The Labute approximate surface area is 131 Å². The van der Waals surface area contributed by atoms with Gasteiger partial charge in [-0.05, 0) is 56.9 Å². The van der Waals surface area contributed by atoms with Crippen molar-refractivity contribution in [2.24, 2.45) is 0 Å². The summed E-state index contributed by atoms with van der Waals surface area (Å²) < 4.78 is 5.44. The average Bonchev–Trinajstić information content (AvgIpc) is 2.63. The van der Waals surface area contributed by atoms with Crippen molar-refractivity contribution >= 4 is 23.3 Å². The summed E-state index contributed by atoms with van der Waals surface area (Å²) in [5, 5.41) is 0.739. The number of nitrogens with zero attached hydrogens (tertiary/aromatic N) is 1. The highest BCUT2D eigenvalue weighted by molar-refractivity contribution is 6.30. The fourth-order valence-corrected chi connectivity index (χ4v) is 2.43. The molecular formula is C17H22ClNO2. The van der Waals surface area contributed by atoms with E-state index >= 15 is 0 Å². The van der Waals surface area contributed by atoms with Gasteiger partial charge in [0.1, 0.15) is 5.60 Å². The van der Waals surface area contributed by atoms with Gasteiger partial charge in [0.05, 0.1) is 0 Å². The van der Waals surface area contributed by atoms with E-state index in [1.165, 1.54) is 11.1 Å². The lowest BCUT2D eigenvalue weighted by molar-refractivity contribution is 0.0260. The highest BCUT2D eigenvalue weighted by Crippen LogP contribution is 2.24. The Kier molecular flexibility index (Phi) is 4.94. The first kappa shape index (κ1) is 15.9. The molecule has 0 atom stereocenters. The normalized spacial score (nSPS) is 16.2. The molecule has 0 saturated heterocycles. The number of amides is 1. The molecule has 0 fully saturated rings. The van der Waals surface area contributed by atoms with Crippen LogP contribution in [0, 0.1) is 0 Å². The maximum absolute atomic E-state index is 12.1. The van der Waals surface area contributed by atoms with E-state index in [9.17, 15) is 4.79 Å². The van der Waals surface area contributed by atoms with Gasteiger partial charge < -0.3 is 9.64 Å². The molecule has 0 radical (unpaired) electrons. The van der Waals surface area contributed by atoms with E-state index in [-0.39, 0.29) is 6.09 Å². The van der Waals surface area contributed by atoms with E-state index in [1.807, 2.05) is 45.0 Å². The number of hydrogen-bond acceptors (Lipinski definition) is 2. The second-order valence-electron chi connectivity index (χ2n) is 6.24. The van der Waals surface area contributed by atoms with Crippen LogP contribution in [-0.2, 0) is 4.74 Å². The Bertz CT molecular complexity index is 529. The summed E-state index contributed by atoms with van der Waals surface area (Å²) in [7, 11) is 0. The molecule has 2 rings (SSSR count). The molecular weight excluding hydrogens is 286 g/mol. The molecule has 0 unspecified atom stereocenters. The van der Waals surface area contributed by atoms with E-state index in [0.717, 1.165) is 17.9 Å². The van der Waals surface area contributed by atoms with Gasteiger partial charge in [0.15, 0.2) is 0 Å². The van der Waals surface area contributed by atoms with E-state index in [1.54, 1.807) is 4.90 Å². The summed E-state index contributed by atoms with van der Waals surface area (Å²) in [6, 6.07) is 7.84. The number of carbonyl (C=O) groups is 1. The molecule has 0 saturated carbocycles. The minimum Gasteiger partial charge on any atom is -0.444 e. The molecule has 3 nitrogen and oxygen atoms in total. The standard InChI is InChI=1S/C17H22ClNO2/c1-17(2,3)21-16(20)19-11-4-5-13(10-12-19)14-6-8-15(18)9-7-14/h5-9H,4,10-12H2,1-3H3. The number of halogens is 1. The summed E-state index contributed by atoms with van der Waals surface area (Å²) in [6.07, 6.45) is 3.65. The Morgan fingerprint density at radius 2 is 1.86 bits per heavy atom. The molecule has 1 aromatic carbocycles. The minimum atomic E-state index is -0.449. The molecule has 0 spiro atoms. The first-order valence-corrected chi connectivity index (χ1v) is 7.66. The molecule has 4 heteroatoms. The summed E-state index contributed by atoms with van der Waals surface area (Å²) in [5.41, 5.74) is 1.98. The Morgan fingerprint density at radius 3 is 2.48 bits per heavy atom. The van der Waals surface area contributed by atoms with E-state index in [0.29, 0.717) is 13.1 Å². The Balaban J connectivity index is 1.99. The second kappa shape index (κ2) is 6.52. The lowest BCUT2D eigenvalue weighted by Gasteiger charge is -2.26.